The van der Waals surface area contributed by atoms with Crippen LogP contribution < -0.4 is 10.0 Å². The third-order valence-corrected chi connectivity index (χ3v) is 7.48. The number of nitrogens with one attached hydrogen (secondary N) is 2. The minimum absolute atomic E-state index is 0.156. The van der Waals surface area contributed by atoms with Crippen molar-refractivity contribution in [2.24, 2.45) is 5.41 Å². The Morgan fingerprint density at radius 3 is 2.03 bits per heavy atom. The number of anilines is 1. The number of carbonyl (C=O) groups is 1. The zero-order chi connectivity index (χ0) is 24.9. The highest BCUT2D eigenvalue weighted by Crippen LogP contribution is 2.73. The van der Waals surface area contributed by atoms with Crippen molar-refractivity contribution in [2.75, 3.05) is 4.72 Å². The van der Waals surface area contributed by atoms with Crippen LogP contribution in [-0.2, 0) is 6.18 Å². The molecule has 2 aromatic rings. The zero-order valence-corrected chi connectivity index (χ0v) is 18.6. The van der Waals surface area contributed by atoms with Crippen molar-refractivity contribution in [1.82, 2.24) is 5.32 Å². The van der Waals surface area contributed by atoms with Gasteiger partial charge in [-0.25, -0.2) is 0 Å². The molecule has 3 fully saturated rings. The molecule has 5 rings (SSSR count). The highest BCUT2D eigenvalue weighted by atomic mass is 32.2. The maximum absolute atomic E-state index is 13.2. The average Bonchev–Trinajstić information content (AvgIpc) is 2.66. The standard InChI is InChI=1S/C21H16F8N2OS2/c22-17(23)33-12-2-4-13(5-3-12)34-31-15-7-11(20(24,25)26)1-6-14(15)16(32)30-19-8-18(9-19,10-19)21(27,28)29/h1-7,17,31H,8-10H2,(H,30,32). The summed E-state index contributed by atoms with van der Waals surface area (Å²) < 4.78 is 106. The lowest BCUT2D eigenvalue weighted by Gasteiger charge is -2.70. The third-order valence-electron chi connectivity index (χ3n) is 5.93. The minimum atomic E-state index is -4.68. The van der Waals surface area contributed by atoms with Crippen LogP contribution in [0.15, 0.2) is 52.3 Å². The molecule has 3 saturated carbocycles. The first-order chi connectivity index (χ1) is 15.7. The zero-order valence-electron chi connectivity index (χ0n) is 17.0. The van der Waals surface area contributed by atoms with Gasteiger partial charge in [-0.1, -0.05) is 11.8 Å². The Morgan fingerprint density at radius 1 is 0.912 bits per heavy atom. The Balaban J connectivity index is 1.49. The second kappa shape index (κ2) is 8.51. The molecule has 0 aromatic heterocycles. The Bertz CT molecular complexity index is 1070. The lowest BCUT2D eigenvalue weighted by Crippen LogP contribution is -2.78. The van der Waals surface area contributed by atoms with E-state index in [1.807, 2.05) is 0 Å². The molecule has 0 unspecified atom stereocenters. The molecule has 3 aliphatic rings. The summed E-state index contributed by atoms with van der Waals surface area (Å²) in [7, 11) is 0. The van der Waals surface area contributed by atoms with Gasteiger partial charge in [0.2, 0.25) is 0 Å². The number of hydrogen-bond donors (Lipinski definition) is 2. The monoisotopic (exact) mass is 528 g/mol. The van der Waals surface area contributed by atoms with Crippen LogP contribution in [0.5, 0.6) is 0 Å². The summed E-state index contributed by atoms with van der Waals surface area (Å²) in [6, 6.07) is 8.22. The average molecular weight is 528 g/mol. The van der Waals surface area contributed by atoms with Gasteiger partial charge in [0.25, 0.3) is 11.7 Å². The lowest BCUT2D eigenvalue weighted by molar-refractivity contribution is -0.336. The molecule has 1 amide bonds. The number of benzene rings is 2. The number of rotatable bonds is 7. The molecule has 0 heterocycles. The highest BCUT2D eigenvalue weighted by molar-refractivity contribution is 8.00. The minimum Gasteiger partial charge on any atom is -0.346 e. The summed E-state index contributed by atoms with van der Waals surface area (Å²) in [6.45, 7) is 0. The summed E-state index contributed by atoms with van der Waals surface area (Å²) in [6.07, 6.45) is -9.80. The molecule has 2 bridgehead atoms. The van der Waals surface area contributed by atoms with Crippen LogP contribution in [0.4, 0.5) is 40.8 Å². The van der Waals surface area contributed by atoms with E-state index in [-0.39, 0.29) is 30.5 Å². The van der Waals surface area contributed by atoms with Crippen molar-refractivity contribution in [3.8, 4) is 0 Å². The fourth-order valence-electron chi connectivity index (χ4n) is 4.34. The van der Waals surface area contributed by atoms with Crippen molar-refractivity contribution in [1.29, 1.82) is 0 Å². The number of halogens is 8. The molecule has 3 aliphatic carbocycles. The van der Waals surface area contributed by atoms with Gasteiger partial charge in [-0.2, -0.15) is 35.1 Å². The summed E-state index contributed by atoms with van der Waals surface area (Å²) in [5, 5.41) is 2.55. The molecule has 34 heavy (non-hydrogen) atoms. The SMILES string of the molecule is O=C(NC12CC(C(F)(F)F)(C1)C2)c1ccc(C(F)(F)F)cc1NSc1ccc(SC(F)F)cc1. The first-order valence-electron chi connectivity index (χ1n) is 9.80. The van der Waals surface area contributed by atoms with Crippen molar-refractivity contribution < 1.29 is 39.9 Å². The molecule has 13 heteroatoms. The largest absolute Gasteiger partial charge is 0.416 e. The Morgan fingerprint density at radius 2 is 1.50 bits per heavy atom. The van der Waals surface area contributed by atoms with E-state index in [0.29, 0.717) is 21.6 Å². The summed E-state index contributed by atoms with van der Waals surface area (Å²) in [5.74, 6) is -3.38. The number of alkyl halides is 8. The van der Waals surface area contributed by atoms with Crippen molar-refractivity contribution in [3.05, 3.63) is 53.6 Å². The molecule has 0 spiro atoms. The van der Waals surface area contributed by atoms with Crippen LogP contribution in [0.2, 0.25) is 0 Å². The van der Waals surface area contributed by atoms with Gasteiger partial charge in [0.05, 0.1) is 22.2 Å². The van der Waals surface area contributed by atoms with Gasteiger partial charge in [-0.3, -0.25) is 4.79 Å². The van der Waals surface area contributed by atoms with Crippen molar-refractivity contribution >= 4 is 35.3 Å². The first kappa shape index (κ1) is 25.0. The molecule has 184 valence electrons. The van der Waals surface area contributed by atoms with E-state index in [9.17, 15) is 39.9 Å². The van der Waals surface area contributed by atoms with Crippen molar-refractivity contribution in [3.63, 3.8) is 0 Å². The Labute approximate surface area is 197 Å². The molecule has 0 saturated heterocycles. The molecular weight excluding hydrogens is 512 g/mol. The number of hydrogen-bond acceptors (Lipinski definition) is 4. The van der Waals surface area contributed by atoms with E-state index in [4.69, 9.17) is 0 Å². The molecular formula is C21H16F8N2OS2. The van der Waals surface area contributed by atoms with Crippen LogP contribution in [-0.4, -0.2) is 23.4 Å². The van der Waals surface area contributed by atoms with Gasteiger partial charge in [0.1, 0.15) is 0 Å². The molecule has 2 aromatic carbocycles. The van der Waals surface area contributed by atoms with Crippen LogP contribution in [0.25, 0.3) is 0 Å². The third kappa shape index (κ3) is 4.81. The van der Waals surface area contributed by atoms with Gasteiger partial charge in [0, 0.05) is 15.3 Å². The smallest absolute Gasteiger partial charge is 0.346 e. The second-order valence-corrected chi connectivity index (χ2v) is 10.3. The molecule has 0 radical (unpaired) electrons. The van der Waals surface area contributed by atoms with E-state index in [2.05, 4.69) is 10.0 Å². The topological polar surface area (TPSA) is 41.1 Å². The molecule has 3 nitrogen and oxygen atoms in total. The predicted molar refractivity (Wildman–Crippen MR) is 112 cm³/mol. The van der Waals surface area contributed by atoms with Gasteiger partial charge in [-0.15, -0.1) is 0 Å². The van der Waals surface area contributed by atoms with Crippen LogP contribution in [0, 0.1) is 5.41 Å². The summed E-state index contributed by atoms with van der Waals surface area (Å²) >= 11 is 1.20. The van der Waals surface area contributed by atoms with E-state index in [1.54, 1.807) is 0 Å². The Kier molecular flexibility index (Phi) is 6.24. The predicted octanol–water partition coefficient (Wildman–Crippen LogP) is 7.35. The molecule has 0 aliphatic heterocycles. The van der Waals surface area contributed by atoms with Gasteiger partial charge >= 0.3 is 12.4 Å². The van der Waals surface area contributed by atoms with Gasteiger partial charge < -0.3 is 10.0 Å². The number of carbonyl (C=O) groups excluding carboxylic acids is 1. The van der Waals surface area contributed by atoms with Crippen LogP contribution >= 0.6 is 23.7 Å². The van der Waals surface area contributed by atoms with Gasteiger partial charge in [-0.05, 0) is 73.7 Å². The Hall–Kier alpha value is -2.15. The van der Waals surface area contributed by atoms with E-state index < -0.39 is 40.5 Å². The molecule has 2 N–H and O–H groups in total. The maximum Gasteiger partial charge on any atom is 0.416 e. The fourth-order valence-corrected chi connectivity index (χ4v) is 5.50. The second-order valence-electron chi connectivity index (χ2n) is 8.36. The molecule has 0 atom stereocenters. The maximum atomic E-state index is 13.2. The van der Waals surface area contributed by atoms with E-state index >= 15 is 0 Å². The van der Waals surface area contributed by atoms with E-state index in [0.717, 1.165) is 30.1 Å². The van der Waals surface area contributed by atoms with Gasteiger partial charge in [0.15, 0.2) is 0 Å². The van der Waals surface area contributed by atoms with Crippen molar-refractivity contribution in [2.45, 2.75) is 52.7 Å². The summed E-state index contributed by atoms with van der Waals surface area (Å²) in [4.78, 5) is 13.6. The van der Waals surface area contributed by atoms with Crippen LogP contribution in [0.1, 0.15) is 35.2 Å². The summed E-state index contributed by atoms with van der Waals surface area (Å²) in [5.41, 5.74) is -4.14. The number of thioether (sulfide) groups is 1. The first-order valence-corrected chi connectivity index (χ1v) is 11.5. The lowest BCUT2D eigenvalue weighted by atomic mass is 9.39. The van der Waals surface area contributed by atoms with E-state index in [1.165, 1.54) is 24.3 Å². The number of amides is 1. The highest BCUT2D eigenvalue weighted by Gasteiger charge is 2.79. The quantitative estimate of drug-likeness (QED) is 0.224. The normalized spacial score (nSPS) is 23.8. The van der Waals surface area contributed by atoms with Crippen LogP contribution in [0.3, 0.4) is 0 Å². The fraction of sp³-hybridized carbons (Fsp3) is 0.381.